The molecule has 0 spiro atoms. The first-order chi connectivity index (χ1) is 8.56. The average Bonchev–Trinajstić information content (AvgIpc) is 2.73. The number of nitrogens with two attached hydrogens (primary N) is 2. The number of fused-ring (bicyclic) bond motifs is 1. The van der Waals surface area contributed by atoms with Gasteiger partial charge >= 0.3 is 5.97 Å². The van der Waals surface area contributed by atoms with Gasteiger partial charge in [-0.25, -0.2) is 4.99 Å². The van der Waals surface area contributed by atoms with E-state index in [1.165, 1.54) is 0 Å². The number of carbonyl (C=O) groups is 1. The molecule has 0 aliphatic carbocycles. The van der Waals surface area contributed by atoms with Crippen LogP contribution in [0.5, 0.6) is 11.5 Å². The summed E-state index contributed by atoms with van der Waals surface area (Å²) in [4.78, 5) is 14.7. The molecular weight excluding hydrogens is 238 g/mol. The Morgan fingerprint density at radius 3 is 2.78 bits per heavy atom. The highest BCUT2D eigenvalue weighted by molar-refractivity contribution is 5.77. The molecule has 1 aliphatic heterocycles. The van der Waals surface area contributed by atoms with Crippen molar-refractivity contribution in [3.8, 4) is 11.5 Å². The number of aliphatic carboxylic acids is 1. The number of carboxylic acid groups (broad SMARTS) is 1. The molecule has 1 aliphatic rings. The van der Waals surface area contributed by atoms with Gasteiger partial charge in [0, 0.05) is 0 Å². The Kier molecular flexibility index (Phi) is 3.22. The number of hydrogen-bond acceptors (Lipinski definition) is 4. The number of ether oxygens (including phenoxy) is 2. The van der Waals surface area contributed by atoms with Crippen molar-refractivity contribution in [3.05, 3.63) is 23.8 Å². The Bertz CT molecular complexity index is 497. The van der Waals surface area contributed by atoms with Crippen molar-refractivity contribution >= 4 is 11.9 Å². The third kappa shape index (κ3) is 2.62. The molecule has 1 atom stereocenters. The summed E-state index contributed by atoms with van der Waals surface area (Å²) in [5, 5.41) is 8.84. The largest absolute Gasteiger partial charge is 0.481 e. The van der Waals surface area contributed by atoms with Crippen molar-refractivity contribution < 1.29 is 19.4 Å². The van der Waals surface area contributed by atoms with E-state index < -0.39 is 12.0 Å². The number of benzene rings is 1. The molecule has 0 saturated carbocycles. The number of rotatable bonds is 4. The minimum atomic E-state index is -0.984. The maximum Gasteiger partial charge on any atom is 0.305 e. The summed E-state index contributed by atoms with van der Waals surface area (Å²) >= 11 is 0. The van der Waals surface area contributed by atoms with Crippen LogP contribution in [-0.2, 0) is 4.79 Å². The Hall–Kier alpha value is -2.44. The molecule has 1 aromatic carbocycles. The fourth-order valence-electron chi connectivity index (χ4n) is 1.70. The van der Waals surface area contributed by atoms with Gasteiger partial charge in [-0.05, 0) is 17.7 Å². The van der Waals surface area contributed by atoms with Crippen LogP contribution in [0.3, 0.4) is 0 Å². The zero-order valence-corrected chi connectivity index (χ0v) is 9.50. The lowest BCUT2D eigenvalue weighted by Crippen LogP contribution is -2.24. The third-order valence-corrected chi connectivity index (χ3v) is 2.45. The summed E-state index contributed by atoms with van der Waals surface area (Å²) in [5.74, 6) is 0.0489. The standard InChI is InChI=1S/C11H13N3O4/c12-11(13)14-7(4-10(15)16)6-1-2-8-9(3-6)18-5-17-8/h1-3,7H,4-5H2,(H,15,16)(H4,12,13,14). The van der Waals surface area contributed by atoms with Crippen LogP contribution in [-0.4, -0.2) is 23.8 Å². The minimum absolute atomic E-state index is 0.154. The normalized spacial score (nSPS) is 14.0. The van der Waals surface area contributed by atoms with Crippen molar-refractivity contribution in [2.45, 2.75) is 12.5 Å². The predicted molar refractivity (Wildman–Crippen MR) is 63.4 cm³/mol. The summed E-state index contributed by atoms with van der Waals surface area (Å²) in [6.45, 7) is 0.157. The van der Waals surface area contributed by atoms with Crippen molar-refractivity contribution in [1.82, 2.24) is 0 Å². The predicted octanol–water partition coefficient (Wildman–Crippen LogP) is 0.205. The van der Waals surface area contributed by atoms with Crippen molar-refractivity contribution in [2.24, 2.45) is 16.5 Å². The number of carboxylic acids is 1. The molecule has 0 amide bonds. The van der Waals surface area contributed by atoms with E-state index in [-0.39, 0.29) is 19.2 Å². The molecule has 1 unspecified atom stereocenters. The molecule has 1 aromatic rings. The van der Waals surface area contributed by atoms with E-state index in [0.29, 0.717) is 17.1 Å². The second-order valence-electron chi connectivity index (χ2n) is 3.78. The SMILES string of the molecule is NC(N)=NC(CC(=O)O)c1ccc2c(c1)OCO2. The fraction of sp³-hybridized carbons (Fsp3) is 0.273. The van der Waals surface area contributed by atoms with Crippen LogP contribution in [0.1, 0.15) is 18.0 Å². The molecule has 0 aromatic heterocycles. The van der Waals surface area contributed by atoms with Gasteiger partial charge in [0.05, 0.1) is 12.5 Å². The maximum atomic E-state index is 10.8. The van der Waals surface area contributed by atoms with Crippen LogP contribution < -0.4 is 20.9 Å². The van der Waals surface area contributed by atoms with Crippen molar-refractivity contribution in [2.75, 3.05) is 6.79 Å². The van der Waals surface area contributed by atoms with E-state index in [1.54, 1.807) is 18.2 Å². The Morgan fingerprint density at radius 1 is 1.39 bits per heavy atom. The Morgan fingerprint density at radius 2 is 2.11 bits per heavy atom. The fourth-order valence-corrected chi connectivity index (χ4v) is 1.70. The number of guanidine groups is 1. The van der Waals surface area contributed by atoms with Crippen LogP contribution in [0.25, 0.3) is 0 Å². The summed E-state index contributed by atoms with van der Waals surface area (Å²) in [5.41, 5.74) is 11.3. The molecule has 18 heavy (non-hydrogen) atoms. The highest BCUT2D eigenvalue weighted by Crippen LogP contribution is 2.35. The van der Waals surface area contributed by atoms with Gasteiger partial charge in [-0.2, -0.15) is 0 Å². The first kappa shape index (κ1) is 12.0. The first-order valence-electron chi connectivity index (χ1n) is 5.26. The molecule has 0 fully saturated rings. The van der Waals surface area contributed by atoms with Crippen LogP contribution >= 0.6 is 0 Å². The van der Waals surface area contributed by atoms with Gasteiger partial charge in [-0.3, -0.25) is 4.79 Å². The third-order valence-electron chi connectivity index (χ3n) is 2.45. The van der Waals surface area contributed by atoms with E-state index in [2.05, 4.69) is 4.99 Å². The maximum absolute atomic E-state index is 10.8. The molecule has 7 nitrogen and oxygen atoms in total. The van der Waals surface area contributed by atoms with E-state index in [4.69, 9.17) is 26.0 Å². The van der Waals surface area contributed by atoms with E-state index >= 15 is 0 Å². The van der Waals surface area contributed by atoms with Crippen molar-refractivity contribution in [3.63, 3.8) is 0 Å². The Balaban J connectivity index is 2.30. The Labute approximate surface area is 103 Å². The second kappa shape index (κ2) is 4.82. The van der Waals surface area contributed by atoms with E-state index in [1.807, 2.05) is 0 Å². The van der Waals surface area contributed by atoms with Gasteiger partial charge < -0.3 is 26.0 Å². The molecule has 0 bridgehead atoms. The minimum Gasteiger partial charge on any atom is -0.481 e. The molecule has 2 rings (SSSR count). The van der Waals surface area contributed by atoms with Crippen LogP contribution in [0.15, 0.2) is 23.2 Å². The van der Waals surface area contributed by atoms with Gasteiger partial charge in [-0.15, -0.1) is 0 Å². The molecule has 5 N–H and O–H groups in total. The molecule has 0 saturated heterocycles. The lowest BCUT2D eigenvalue weighted by Gasteiger charge is -2.11. The topological polar surface area (TPSA) is 120 Å². The summed E-state index contributed by atoms with van der Waals surface area (Å²) < 4.78 is 10.4. The monoisotopic (exact) mass is 251 g/mol. The highest BCUT2D eigenvalue weighted by Gasteiger charge is 2.19. The van der Waals surface area contributed by atoms with Crippen molar-refractivity contribution in [1.29, 1.82) is 0 Å². The molecule has 1 heterocycles. The average molecular weight is 251 g/mol. The number of aliphatic imine (C=N–C) groups is 1. The smallest absolute Gasteiger partial charge is 0.305 e. The van der Waals surface area contributed by atoms with Crippen LogP contribution in [0, 0.1) is 0 Å². The van der Waals surface area contributed by atoms with Gasteiger partial charge in [0.1, 0.15) is 0 Å². The summed E-state index contributed by atoms with van der Waals surface area (Å²) in [6.07, 6.45) is -0.197. The zero-order chi connectivity index (χ0) is 13.1. The number of nitrogens with zero attached hydrogens (tertiary/aromatic N) is 1. The molecular formula is C11H13N3O4. The lowest BCUT2D eigenvalue weighted by molar-refractivity contribution is -0.137. The van der Waals surface area contributed by atoms with Gasteiger partial charge in [-0.1, -0.05) is 6.07 Å². The van der Waals surface area contributed by atoms with E-state index in [9.17, 15) is 4.79 Å². The zero-order valence-electron chi connectivity index (χ0n) is 9.50. The van der Waals surface area contributed by atoms with Gasteiger partial charge in [0.25, 0.3) is 0 Å². The van der Waals surface area contributed by atoms with Crippen LogP contribution in [0.4, 0.5) is 0 Å². The summed E-state index contributed by atoms with van der Waals surface area (Å²) in [7, 11) is 0. The lowest BCUT2D eigenvalue weighted by atomic mass is 10.0. The number of hydrogen-bond donors (Lipinski definition) is 3. The van der Waals surface area contributed by atoms with Gasteiger partial charge in [0.15, 0.2) is 17.5 Å². The van der Waals surface area contributed by atoms with Gasteiger partial charge in [0.2, 0.25) is 6.79 Å². The molecule has 0 radical (unpaired) electrons. The van der Waals surface area contributed by atoms with E-state index in [0.717, 1.165) is 0 Å². The van der Waals surface area contributed by atoms with Crippen LogP contribution in [0.2, 0.25) is 0 Å². The molecule has 96 valence electrons. The summed E-state index contributed by atoms with van der Waals surface area (Å²) in [6, 6.07) is 4.46. The quantitative estimate of drug-likeness (QED) is 0.519. The highest BCUT2D eigenvalue weighted by atomic mass is 16.7. The molecule has 7 heteroatoms. The second-order valence-corrected chi connectivity index (χ2v) is 3.78. The first-order valence-corrected chi connectivity index (χ1v) is 5.26.